The first kappa shape index (κ1) is 14.9. The molecule has 0 unspecified atom stereocenters. The summed E-state index contributed by atoms with van der Waals surface area (Å²) in [5.41, 5.74) is 2.09. The molecule has 0 aliphatic heterocycles. The lowest BCUT2D eigenvalue weighted by molar-refractivity contribution is 0.971. The number of hydrogen-bond donors (Lipinski definition) is 1. The van der Waals surface area contributed by atoms with E-state index < -0.39 is 0 Å². The molecule has 0 amide bonds. The van der Waals surface area contributed by atoms with Gasteiger partial charge in [-0.3, -0.25) is 0 Å². The van der Waals surface area contributed by atoms with E-state index in [1.165, 1.54) is 5.56 Å². The second kappa shape index (κ2) is 7.29. The number of nitrogens with one attached hydrogen (secondary N) is 1. The van der Waals surface area contributed by atoms with Crippen LogP contribution in [-0.4, -0.2) is 9.97 Å². The number of benzene rings is 2. The van der Waals surface area contributed by atoms with Crippen molar-refractivity contribution >= 4 is 34.9 Å². The average Bonchev–Trinajstić information content (AvgIpc) is 2.57. The third kappa shape index (κ3) is 4.00. The van der Waals surface area contributed by atoms with Crippen molar-refractivity contribution in [3.05, 3.63) is 77.4 Å². The van der Waals surface area contributed by atoms with Crippen LogP contribution in [0, 0.1) is 0 Å². The fraction of sp³-hybridized carbons (Fsp3) is 0.0588. The first-order valence-electron chi connectivity index (χ1n) is 6.82. The molecular weight excluding hydrogens is 314 g/mol. The lowest BCUT2D eigenvalue weighted by atomic mass is 10.2. The molecule has 0 spiro atoms. The quantitative estimate of drug-likeness (QED) is 0.518. The van der Waals surface area contributed by atoms with E-state index >= 15 is 0 Å². The van der Waals surface area contributed by atoms with Crippen molar-refractivity contribution < 1.29 is 0 Å². The number of aromatic nitrogens is 2. The van der Waals surface area contributed by atoms with Crippen molar-refractivity contribution in [1.29, 1.82) is 0 Å². The Balaban J connectivity index is 1.69. The first-order chi connectivity index (χ1) is 10.8. The van der Waals surface area contributed by atoms with Crippen molar-refractivity contribution in [3.63, 3.8) is 0 Å². The Kier molecular flexibility index (Phi) is 4.93. The van der Waals surface area contributed by atoms with Gasteiger partial charge in [-0.1, -0.05) is 65.8 Å². The normalized spacial score (nSPS) is 10.4. The molecule has 0 saturated heterocycles. The van der Waals surface area contributed by atoms with Gasteiger partial charge in [0.15, 0.2) is 5.16 Å². The summed E-state index contributed by atoms with van der Waals surface area (Å²) in [5.74, 6) is 1.58. The summed E-state index contributed by atoms with van der Waals surface area (Å²) >= 11 is 7.75. The van der Waals surface area contributed by atoms with Crippen LogP contribution >= 0.6 is 23.4 Å². The largest absolute Gasteiger partial charge is 0.339 e. The van der Waals surface area contributed by atoms with Crippen LogP contribution in [0.3, 0.4) is 0 Å². The molecule has 5 heteroatoms. The second-order valence-corrected chi connectivity index (χ2v) is 5.95. The third-order valence-corrected chi connectivity index (χ3v) is 4.24. The Bertz CT molecular complexity index is 750. The van der Waals surface area contributed by atoms with Gasteiger partial charge in [-0.25, -0.2) is 9.97 Å². The highest BCUT2D eigenvalue weighted by atomic mass is 35.5. The number of anilines is 2. The molecule has 110 valence electrons. The molecule has 0 bridgehead atoms. The minimum absolute atomic E-state index is 0.666. The molecule has 0 fully saturated rings. The van der Waals surface area contributed by atoms with Crippen molar-refractivity contribution in [2.24, 2.45) is 0 Å². The van der Waals surface area contributed by atoms with E-state index in [0.29, 0.717) is 5.02 Å². The second-order valence-electron chi connectivity index (χ2n) is 4.60. The van der Waals surface area contributed by atoms with Gasteiger partial charge < -0.3 is 5.32 Å². The number of thioether (sulfide) groups is 1. The van der Waals surface area contributed by atoms with Gasteiger partial charge >= 0.3 is 0 Å². The van der Waals surface area contributed by atoms with Crippen molar-refractivity contribution in [2.75, 3.05) is 5.32 Å². The summed E-state index contributed by atoms with van der Waals surface area (Å²) in [7, 11) is 0. The maximum Gasteiger partial charge on any atom is 0.189 e. The highest BCUT2D eigenvalue weighted by Crippen LogP contribution is 2.25. The van der Waals surface area contributed by atoms with Crippen LogP contribution in [0.1, 0.15) is 5.56 Å². The van der Waals surface area contributed by atoms with Gasteiger partial charge in [-0.05, 0) is 23.8 Å². The van der Waals surface area contributed by atoms with Crippen molar-refractivity contribution in [3.8, 4) is 0 Å². The Hall–Kier alpha value is -2.04. The molecule has 0 aliphatic rings. The molecule has 3 rings (SSSR count). The standard InChI is InChI=1S/C17H14ClN3S/c18-14-8-4-5-9-15(14)20-16-10-11-19-17(21-16)22-12-13-6-2-1-3-7-13/h1-11H,12H2,(H,19,20,21). The van der Waals surface area contributed by atoms with Gasteiger partial charge in [0.05, 0.1) is 10.7 Å². The molecule has 22 heavy (non-hydrogen) atoms. The number of para-hydroxylation sites is 1. The van der Waals surface area contributed by atoms with E-state index in [1.54, 1.807) is 18.0 Å². The SMILES string of the molecule is Clc1ccccc1Nc1ccnc(SCc2ccccc2)n1. The van der Waals surface area contributed by atoms with Crippen LogP contribution < -0.4 is 5.32 Å². The number of hydrogen-bond acceptors (Lipinski definition) is 4. The fourth-order valence-corrected chi connectivity index (χ4v) is 2.87. The Labute approximate surface area is 138 Å². The molecule has 1 aromatic heterocycles. The molecule has 2 aromatic carbocycles. The van der Waals surface area contributed by atoms with Crippen LogP contribution in [0.25, 0.3) is 0 Å². The summed E-state index contributed by atoms with van der Waals surface area (Å²) in [6.07, 6.45) is 1.75. The Morgan fingerprint density at radius 1 is 0.955 bits per heavy atom. The summed E-state index contributed by atoms with van der Waals surface area (Å²) in [4.78, 5) is 8.80. The molecule has 0 radical (unpaired) electrons. The maximum atomic E-state index is 6.14. The zero-order valence-electron chi connectivity index (χ0n) is 11.7. The summed E-state index contributed by atoms with van der Waals surface area (Å²) in [6.45, 7) is 0. The van der Waals surface area contributed by atoms with Crippen LogP contribution in [0.4, 0.5) is 11.5 Å². The average molecular weight is 328 g/mol. The predicted molar refractivity (Wildman–Crippen MR) is 92.8 cm³/mol. The van der Waals surface area contributed by atoms with Crippen molar-refractivity contribution in [2.45, 2.75) is 10.9 Å². The molecule has 1 heterocycles. The minimum atomic E-state index is 0.666. The summed E-state index contributed by atoms with van der Waals surface area (Å²) < 4.78 is 0. The molecule has 0 saturated carbocycles. The van der Waals surface area contributed by atoms with Gasteiger partial charge in [-0.2, -0.15) is 0 Å². The molecule has 3 nitrogen and oxygen atoms in total. The van der Waals surface area contributed by atoms with Gasteiger partial charge in [0.25, 0.3) is 0 Å². The molecule has 1 N–H and O–H groups in total. The summed E-state index contributed by atoms with van der Waals surface area (Å²) in [6, 6.07) is 19.7. The number of rotatable bonds is 5. The number of halogens is 1. The van der Waals surface area contributed by atoms with Gasteiger partial charge in [0.1, 0.15) is 5.82 Å². The van der Waals surface area contributed by atoms with E-state index in [2.05, 4.69) is 27.4 Å². The summed E-state index contributed by atoms with van der Waals surface area (Å²) in [5, 5.41) is 4.62. The predicted octanol–water partition coefficient (Wildman–Crippen LogP) is 5.17. The van der Waals surface area contributed by atoms with E-state index in [9.17, 15) is 0 Å². The maximum absolute atomic E-state index is 6.14. The zero-order valence-corrected chi connectivity index (χ0v) is 13.3. The third-order valence-electron chi connectivity index (χ3n) is 2.98. The van der Waals surface area contributed by atoms with Crippen LogP contribution in [-0.2, 0) is 5.75 Å². The molecule has 3 aromatic rings. The molecule has 0 atom stereocenters. The first-order valence-corrected chi connectivity index (χ1v) is 8.19. The highest BCUT2D eigenvalue weighted by molar-refractivity contribution is 7.98. The lowest BCUT2D eigenvalue weighted by Gasteiger charge is -2.08. The lowest BCUT2D eigenvalue weighted by Crippen LogP contribution is -1.96. The van der Waals surface area contributed by atoms with E-state index in [4.69, 9.17) is 11.6 Å². The van der Waals surface area contributed by atoms with Gasteiger partial charge in [-0.15, -0.1) is 0 Å². The van der Waals surface area contributed by atoms with Crippen molar-refractivity contribution in [1.82, 2.24) is 9.97 Å². The monoisotopic (exact) mass is 327 g/mol. The fourth-order valence-electron chi connectivity index (χ4n) is 1.90. The van der Waals surface area contributed by atoms with Gasteiger partial charge in [0.2, 0.25) is 0 Å². The van der Waals surface area contributed by atoms with Crippen LogP contribution in [0.15, 0.2) is 72.0 Å². The Morgan fingerprint density at radius 3 is 2.55 bits per heavy atom. The minimum Gasteiger partial charge on any atom is -0.339 e. The van der Waals surface area contributed by atoms with Crippen LogP contribution in [0.5, 0.6) is 0 Å². The molecule has 0 aliphatic carbocycles. The molecular formula is C17H14ClN3S. The van der Waals surface area contributed by atoms with E-state index in [0.717, 1.165) is 22.4 Å². The van der Waals surface area contributed by atoms with E-state index in [1.807, 2.05) is 48.5 Å². The topological polar surface area (TPSA) is 37.8 Å². The van der Waals surface area contributed by atoms with E-state index in [-0.39, 0.29) is 0 Å². The highest BCUT2D eigenvalue weighted by Gasteiger charge is 2.03. The smallest absolute Gasteiger partial charge is 0.189 e. The van der Waals surface area contributed by atoms with Crippen LogP contribution in [0.2, 0.25) is 5.02 Å². The Morgan fingerprint density at radius 2 is 1.73 bits per heavy atom. The van der Waals surface area contributed by atoms with Gasteiger partial charge in [0, 0.05) is 11.9 Å². The number of nitrogens with zero attached hydrogens (tertiary/aromatic N) is 2. The zero-order chi connectivity index (χ0) is 15.2.